The fourth-order valence-electron chi connectivity index (χ4n) is 1.63. The van der Waals surface area contributed by atoms with E-state index in [1.165, 1.54) is 0 Å². The summed E-state index contributed by atoms with van der Waals surface area (Å²) in [7, 11) is -4.47. The van der Waals surface area contributed by atoms with Crippen LogP contribution in [0.3, 0.4) is 0 Å². The van der Waals surface area contributed by atoms with Crippen molar-refractivity contribution in [1.82, 2.24) is 0 Å². The van der Waals surface area contributed by atoms with Crippen LogP contribution in [0, 0.1) is 11.6 Å². The number of hydrogen-bond donors (Lipinski definition) is 2. The van der Waals surface area contributed by atoms with E-state index >= 15 is 0 Å². The van der Waals surface area contributed by atoms with Gasteiger partial charge >= 0.3 is 5.97 Å². The summed E-state index contributed by atoms with van der Waals surface area (Å²) >= 11 is 5.73. The van der Waals surface area contributed by atoms with Crippen LogP contribution in [0.1, 0.15) is 10.4 Å². The molecule has 2 rings (SSSR count). The maximum atomic E-state index is 13.5. The van der Waals surface area contributed by atoms with Crippen molar-refractivity contribution in [2.24, 2.45) is 0 Å². The molecule has 2 N–H and O–H groups in total. The Balaban J connectivity index is 2.52. The van der Waals surface area contributed by atoms with E-state index in [1.807, 2.05) is 0 Å². The molecule has 0 amide bonds. The topological polar surface area (TPSA) is 83.5 Å². The zero-order chi connectivity index (χ0) is 16.5. The molecule has 0 aliphatic rings. The Morgan fingerprint density at radius 1 is 1.14 bits per heavy atom. The summed E-state index contributed by atoms with van der Waals surface area (Å²) in [4.78, 5) is 10.3. The molecule has 2 aromatic carbocycles. The fourth-order valence-corrected chi connectivity index (χ4v) is 3.23. The highest BCUT2D eigenvalue weighted by atomic mass is 35.5. The Morgan fingerprint density at radius 3 is 2.27 bits per heavy atom. The Bertz CT molecular complexity index is 835. The minimum atomic E-state index is -4.47. The molecular formula is C13H8ClF2NO4S. The third kappa shape index (κ3) is 3.18. The molecule has 0 aromatic heterocycles. The number of carboxylic acid groups (broad SMARTS) is 1. The maximum absolute atomic E-state index is 13.5. The van der Waals surface area contributed by atoms with Gasteiger partial charge in [-0.3, -0.25) is 4.72 Å². The zero-order valence-electron chi connectivity index (χ0n) is 10.7. The highest BCUT2D eigenvalue weighted by Crippen LogP contribution is 2.27. The number of halogens is 3. The average molecular weight is 348 g/mol. The highest BCUT2D eigenvalue weighted by Gasteiger charge is 2.23. The second-order valence-electron chi connectivity index (χ2n) is 4.15. The molecule has 0 heterocycles. The van der Waals surface area contributed by atoms with Crippen LogP contribution in [0.5, 0.6) is 0 Å². The predicted molar refractivity (Wildman–Crippen MR) is 75.6 cm³/mol. The summed E-state index contributed by atoms with van der Waals surface area (Å²) in [6, 6.07) is 5.78. The molecule has 0 unspecified atom stereocenters. The molecule has 0 fully saturated rings. The van der Waals surface area contributed by atoms with Crippen LogP contribution in [0.25, 0.3) is 0 Å². The molecule has 5 nitrogen and oxygen atoms in total. The lowest BCUT2D eigenvalue weighted by atomic mass is 10.2. The second-order valence-corrected chi connectivity index (χ2v) is 6.21. The third-order valence-electron chi connectivity index (χ3n) is 2.67. The van der Waals surface area contributed by atoms with Crippen LogP contribution in [0.2, 0.25) is 5.02 Å². The van der Waals surface area contributed by atoms with E-state index in [9.17, 15) is 22.0 Å². The summed E-state index contributed by atoms with van der Waals surface area (Å²) < 4.78 is 53.1. The first-order chi connectivity index (χ1) is 10.2. The van der Waals surface area contributed by atoms with Gasteiger partial charge in [-0.05, 0) is 30.3 Å². The molecule has 0 radical (unpaired) electrons. The van der Waals surface area contributed by atoms with E-state index < -0.39 is 38.2 Å². The lowest BCUT2D eigenvalue weighted by Gasteiger charge is -2.11. The van der Waals surface area contributed by atoms with Gasteiger partial charge in [0, 0.05) is 0 Å². The first-order valence-electron chi connectivity index (χ1n) is 5.72. The van der Waals surface area contributed by atoms with Gasteiger partial charge < -0.3 is 5.11 Å². The second kappa shape index (κ2) is 5.90. The van der Waals surface area contributed by atoms with Gasteiger partial charge in [-0.25, -0.2) is 22.0 Å². The van der Waals surface area contributed by atoms with Crippen molar-refractivity contribution in [1.29, 1.82) is 0 Å². The van der Waals surface area contributed by atoms with Crippen molar-refractivity contribution in [3.63, 3.8) is 0 Å². The van der Waals surface area contributed by atoms with Crippen molar-refractivity contribution in [2.45, 2.75) is 4.90 Å². The van der Waals surface area contributed by atoms with Gasteiger partial charge in [0.1, 0.15) is 22.2 Å². The first kappa shape index (κ1) is 16.2. The maximum Gasteiger partial charge on any atom is 0.335 e. The zero-order valence-corrected chi connectivity index (χ0v) is 12.3. The van der Waals surface area contributed by atoms with Gasteiger partial charge in [-0.1, -0.05) is 17.7 Å². The SMILES string of the molecule is O=C(O)c1ccc(Cl)c(S(=O)(=O)Nc2c(F)cccc2F)c1. The molecule has 9 heteroatoms. The molecule has 116 valence electrons. The molecule has 0 spiro atoms. The highest BCUT2D eigenvalue weighted by molar-refractivity contribution is 7.92. The van der Waals surface area contributed by atoms with E-state index in [0.717, 1.165) is 36.4 Å². The molecule has 0 aliphatic carbocycles. The number of sulfonamides is 1. The van der Waals surface area contributed by atoms with Gasteiger partial charge in [-0.15, -0.1) is 0 Å². The van der Waals surface area contributed by atoms with Crippen LogP contribution >= 0.6 is 11.6 Å². The molecule has 0 aliphatic heterocycles. The lowest BCUT2D eigenvalue weighted by Crippen LogP contribution is -2.16. The summed E-state index contributed by atoms with van der Waals surface area (Å²) in [5.74, 6) is -3.60. The van der Waals surface area contributed by atoms with Gasteiger partial charge in [0.05, 0.1) is 10.6 Å². The van der Waals surface area contributed by atoms with E-state index in [4.69, 9.17) is 16.7 Å². The number of carboxylic acids is 1. The van der Waals surface area contributed by atoms with Crippen molar-refractivity contribution in [2.75, 3.05) is 4.72 Å². The van der Waals surface area contributed by atoms with Gasteiger partial charge in [0.25, 0.3) is 10.0 Å². The molecule has 22 heavy (non-hydrogen) atoms. The Hall–Kier alpha value is -2.19. The molecule has 0 saturated carbocycles. The lowest BCUT2D eigenvalue weighted by molar-refractivity contribution is 0.0696. The molecule has 0 bridgehead atoms. The van der Waals surface area contributed by atoms with E-state index in [0.29, 0.717) is 0 Å². The van der Waals surface area contributed by atoms with Crippen LogP contribution in [0.4, 0.5) is 14.5 Å². The van der Waals surface area contributed by atoms with E-state index in [-0.39, 0.29) is 10.6 Å². The molecule has 0 atom stereocenters. The summed E-state index contributed by atoms with van der Waals surface area (Å²) in [5.41, 5.74) is -1.21. The van der Waals surface area contributed by atoms with Gasteiger partial charge in [-0.2, -0.15) is 0 Å². The minimum Gasteiger partial charge on any atom is -0.478 e. The summed E-state index contributed by atoms with van der Waals surface area (Å²) in [5, 5.41) is 8.58. The fraction of sp³-hybridized carbons (Fsp3) is 0. The number of para-hydroxylation sites is 1. The number of hydrogen-bond acceptors (Lipinski definition) is 3. The van der Waals surface area contributed by atoms with Gasteiger partial charge in [0.15, 0.2) is 0 Å². The largest absolute Gasteiger partial charge is 0.478 e. The van der Waals surface area contributed by atoms with E-state index in [2.05, 4.69) is 0 Å². The van der Waals surface area contributed by atoms with Crippen LogP contribution in [0.15, 0.2) is 41.3 Å². The number of benzene rings is 2. The third-order valence-corrected chi connectivity index (χ3v) is 4.50. The van der Waals surface area contributed by atoms with Crippen molar-refractivity contribution in [3.05, 3.63) is 58.6 Å². The normalized spacial score (nSPS) is 11.2. The van der Waals surface area contributed by atoms with Crippen LogP contribution in [-0.2, 0) is 10.0 Å². The van der Waals surface area contributed by atoms with Crippen molar-refractivity contribution >= 4 is 33.3 Å². The van der Waals surface area contributed by atoms with Crippen molar-refractivity contribution in [3.8, 4) is 0 Å². The summed E-state index contributed by atoms with van der Waals surface area (Å²) in [6.45, 7) is 0. The van der Waals surface area contributed by atoms with Gasteiger partial charge in [0.2, 0.25) is 0 Å². The van der Waals surface area contributed by atoms with Crippen molar-refractivity contribution < 1.29 is 27.1 Å². The predicted octanol–water partition coefficient (Wildman–Crippen LogP) is 3.12. The Kier molecular flexibility index (Phi) is 4.34. The number of rotatable bonds is 4. The number of nitrogens with one attached hydrogen (secondary N) is 1. The van der Waals surface area contributed by atoms with Crippen LogP contribution < -0.4 is 4.72 Å². The number of carbonyl (C=O) groups is 1. The quantitative estimate of drug-likeness (QED) is 0.890. The summed E-state index contributed by atoms with van der Waals surface area (Å²) in [6.07, 6.45) is 0. The Labute approximate surface area is 129 Å². The molecular weight excluding hydrogens is 340 g/mol. The van der Waals surface area contributed by atoms with Crippen LogP contribution in [-0.4, -0.2) is 19.5 Å². The monoisotopic (exact) mass is 347 g/mol. The smallest absolute Gasteiger partial charge is 0.335 e. The average Bonchev–Trinajstić information content (AvgIpc) is 2.43. The molecule has 2 aromatic rings. The number of aromatic carboxylic acids is 1. The standard InChI is InChI=1S/C13H8ClF2NO4S/c14-8-5-4-7(13(18)19)6-11(8)22(20,21)17-12-9(15)2-1-3-10(12)16/h1-6,17H,(H,18,19). The number of anilines is 1. The molecule has 0 saturated heterocycles. The minimum absolute atomic E-state index is 0.283. The first-order valence-corrected chi connectivity index (χ1v) is 7.58. The Morgan fingerprint density at radius 2 is 1.73 bits per heavy atom. The van der Waals surface area contributed by atoms with E-state index in [1.54, 1.807) is 4.72 Å².